The quantitative estimate of drug-likeness (QED) is 0.192. The first-order chi connectivity index (χ1) is 7.05. The monoisotopic (exact) mass is 237 g/mol. The topological polar surface area (TPSA) is 109 Å². The smallest absolute Gasteiger partial charge is 0.213 e. The molecule has 0 saturated heterocycles. The second-order valence-corrected chi connectivity index (χ2v) is 4.65. The molecule has 0 aromatic heterocycles. The minimum Gasteiger partial charge on any atom is -0.356 e. The van der Waals surface area contributed by atoms with Gasteiger partial charge in [-0.15, -0.1) is 0 Å². The van der Waals surface area contributed by atoms with Gasteiger partial charge in [0.2, 0.25) is 16.0 Å². The maximum absolute atomic E-state index is 11.2. The number of nitrogens with one attached hydrogen (secondary N) is 3. The Morgan fingerprint density at radius 3 is 2.47 bits per heavy atom. The van der Waals surface area contributed by atoms with Crippen LogP contribution in [0.3, 0.4) is 0 Å². The number of hydrazine groups is 1. The van der Waals surface area contributed by atoms with Gasteiger partial charge in [0.25, 0.3) is 0 Å². The molecule has 0 fully saturated rings. The van der Waals surface area contributed by atoms with E-state index in [4.69, 9.17) is 5.84 Å². The highest BCUT2D eigenvalue weighted by molar-refractivity contribution is 7.89. The van der Waals surface area contributed by atoms with Crippen LogP contribution in [0.5, 0.6) is 0 Å². The minimum atomic E-state index is -3.20. The molecule has 0 radical (unpaired) electrons. The van der Waals surface area contributed by atoms with Crippen molar-refractivity contribution in [3.05, 3.63) is 0 Å². The molecule has 0 aliphatic heterocycles. The second kappa shape index (κ2) is 7.43. The van der Waals surface area contributed by atoms with Crippen molar-refractivity contribution in [2.45, 2.75) is 13.8 Å². The van der Waals surface area contributed by atoms with E-state index in [9.17, 15) is 8.42 Å². The van der Waals surface area contributed by atoms with Crippen LogP contribution in [0.4, 0.5) is 0 Å². The van der Waals surface area contributed by atoms with Gasteiger partial charge in [0.1, 0.15) is 0 Å². The SMILES string of the molecule is CCNC(=NCCS(=O)(=O)NCC)NN. The molecule has 0 aliphatic carbocycles. The van der Waals surface area contributed by atoms with Crippen molar-refractivity contribution < 1.29 is 8.42 Å². The van der Waals surface area contributed by atoms with E-state index < -0.39 is 10.0 Å². The van der Waals surface area contributed by atoms with Gasteiger partial charge >= 0.3 is 0 Å². The summed E-state index contributed by atoms with van der Waals surface area (Å²) in [4.78, 5) is 3.95. The molecule has 15 heavy (non-hydrogen) atoms. The lowest BCUT2D eigenvalue weighted by molar-refractivity contribution is 0.583. The Bertz CT molecular complexity index is 288. The molecule has 0 unspecified atom stereocenters. The average molecular weight is 237 g/mol. The largest absolute Gasteiger partial charge is 0.356 e. The summed E-state index contributed by atoms with van der Waals surface area (Å²) in [5.74, 6) is 5.51. The summed E-state index contributed by atoms with van der Waals surface area (Å²) in [6.07, 6.45) is 0. The van der Waals surface area contributed by atoms with Crippen LogP contribution in [0.25, 0.3) is 0 Å². The van der Waals surface area contributed by atoms with Gasteiger partial charge in [0, 0.05) is 13.1 Å². The average Bonchev–Trinajstić information content (AvgIpc) is 2.16. The first-order valence-electron chi connectivity index (χ1n) is 4.78. The summed E-state index contributed by atoms with van der Waals surface area (Å²) in [6, 6.07) is 0. The molecule has 0 aliphatic rings. The fraction of sp³-hybridized carbons (Fsp3) is 0.857. The van der Waals surface area contributed by atoms with Crippen molar-refractivity contribution >= 4 is 16.0 Å². The van der Waals surface area contributed by atoms with E-state index >= 15 is 0 Å². The number of hydrogen-bond donors (Lipinski definition) is 4. The van der Waals surface area contributed by atoms with Crippen LogP contribution in [0.15, 0.2) is 4.99 Å². The predicted octanol–water partition coefficient (Wildman–Crippen LogP) is -1.65. The number of guanidine groups is 1. The molecule has 0 saturated carbocycles. The lowest BCUT2D eigenvalue weighted by atomic mass is 10.7. The predicted molar refractivity (Wildman–Crippen MR) is 60.8 cm³/mol. The molecule has 0 spiro atoms. The Labute approximate surface area is 90.5 Å². The third kappa shape index (κ3) is 7.11. The van der Waals surface area contributed by atoms with E-state index in [1.165, 1.54) is 0 Å². The van der Waals surface area contributed by atoms with Gasteiger partial charge in [0.15, 0.2) is 0 Å². The summed E-state index contributed by atoms with van der Waals surface area (Å²) in [5.41, 5.74) is 2.34. The molecule has 0 rings (SSSR count). The molecule has 0 aromatic carbocycles. The molecule has 8 heteroatoms. The molecule has 90 valence electrons. The number of sulfonamides is 1. The van der Waals surface area contributed by atoms with Crippen LogP contribution in [-0.2, 0) is 10.0 Å². The van der Waals surface area contributed by atoms with E-state index in [0.29, 0.717) is 19.0 Å². The molecule has 0 aromatic rings. The number of nitrogens with zero attached hydrogens (tertiary/aromatic N) is 1. The molecule has 5 N–H and O–H groups in total. The first kappa shape index (κ1) is 14.1. The van der Waals surface area contributed by atoms with Crippen molar-refractivity contribution in [1.82, 2.24) is 15.5 Å². The maximum atomic E-state index is 11.2. The van der Waals surface area contributed by atoms with Crippen molar-refractivity contribution in [2.24, 2.45) is 10.8 Å². The summed E-state index contributed by atoms with van der Waals surface area (Å²) >= 11 is 0. The minimum absolute atomic E-state index is 0.0442. The number of hydrogen-bond acceptors (Lipinski definition) is 4. The normalized spacial score (nSPS) is 12.6. The number of rotatable bonds is 6. The summed E-state index contributed by atoms with van der Waals surface area (Å²) in [5, 5.41) is 2.85. The van der Waals surface area contributed by atoms with Gasteiger partial charge in [-0.05, 0) is 6.92 Å². The highest BCUT2D eigenvalue weighted by Gasteiger charge is 2.06. The standard InChI is InChI=1S/C7H19N5O2S/c1-3-9-7(12-8)10-5-6-15(13,14)11-4-2/h11H,3-6,8H2,1-2H3,(H2,9,10,12). The van der Waals surface area contributed by atoms with Gasteiger partial charge in [-0.1, -0.05) is 6.92 Å². The van der Waals surface area contributed by atoms with E-state index in [-0.39, 0.29) is 12.3 Å². The zero-order valence-corrected chi connectivity index (χ0v) is 9.89. The lowest BCUT2D eigenvalue weighted by Crippen LogP contribution is -2.41. The van der Waals surface area contributed by atoms with Gasteiger partial charge in [-0.2, -0.15) is 0 Å². The van der Waals surface area contributed by atoms with Crippen molar-refractivity contribution in [3.8, 4) is 0 Å². The first-order valence-corrected chi connectivity index (χ1v) is 6.43. The molecule has 7 nitrogen and oxygen atoms in total. The summed E-state index contributed by atoms with van der Waals surface area (Å²) < 4.78 is 24.8. The lowest BCUT2D eigenvalue weighted by Gasteiger charge is -2.06. The van der Waals surface area contributed by atoms with Crippen molar-refractivity contribution in [1.29, 1.82) is 0 Å². The molecule has 0 atom stereocenters. The second-order valence-electron chi connectivity index (χ2n) is 2.72. The van der Waals surface area contributed by atoms with Crippen molar-refractivity contribution in [3.63, 3.8) is 0 Å². The Hall–Kier alpha value is -0.860. The third-order valence-electron chi connectivity index (χ3n) is 1.48. The summed E-state index contributed by atoms with van der Waals surface area (Å²) in [7, 11) is -3.20. The highest BCUT2D eigenvalue weighted by Crippen LogP contribution is 1.84. The fourth-order valence-corrected chi connectivity index (χ4v) is 1.81. The Kier molecular flexibility index (Phi) is 7.01. The number of aliphatic imine (C=N–C) groups is 1. The van der Waals surface area contributed by atoms with Crippen LogP contribution >= 0.6 is 0 Å². The molecular weight excluding hydrogens is 218 g/mol. The van der Waals surface area contributed by atoms with Crippen molar-refractivity contribution in [2.75, 3.05) is 25.4 Å². The van der Waals surface area contributed by atoms with Gasteiger partial charge in [-0.3, -0.25) is 10.4 Å². The van der Waals surface area contributed by atoms with E-state index in [2.05, 4.69) is 20.5 Å². The van der Waals surface area contributed by atoms with Crippen LogP contribution < -0.4 is 21.3 Å². The molecule has 0 heterocycles. The zero-order chi connectivity index (χ0) is 11.7. The van der Waals surface area contributed by atoms with Crippen LogP contribution in [-0.4, -0.2) is 39.8 Å². The van der Waals surface area contributed by atoms with Crippen LogP contribution in [0.2, 0.25) is 0 Å². The summed E-state index contributed by atoms with van der Waals surface area (Å²) in [6.45, 7) is 4.85. The molecular formula is C7H19N5O2S. The zero-order valence-electron chi connectivity index (χ0n) is 9.08. The van der Waals surface area contributed by atoms with Crippen LogP contribution in [0, 0.1) is 0 Å². The highest BCUT2D eigenvalue weighted by atomic mass is 32.2. The fourth-order valence-electron chi connectivity index (χ4n) is 0.890. The van der Waals surface area contributed by atoms with Gasteiger partial charge < -0.3 is 5.32 Å². The van der Waals surface area contributed by atoms with Crippen LogP contribution in [0.1, 0.15) is 13.8 Å². The maximum Gasteiger partial charge on any atom is 0.213 e. The number of nitrogens with two attached hydrogens (primary N) is 1. The van der Waals surface area contributed by atoms with Gasteiger partial charge in [0.05, 0.1) is 12.3 Å². The Morgan fingerprint density at radius 1 is 1.33 bits per heavy atom. The Balaban J connectivity index is 4.04. The molecule has 0 bridgehead atoms. The third-order valence-corrected chi connectivity index (χ3v) is 2.92. The Morgan fingerprint density at radius 2 is 2.00 bits per heavy atom. The van der Waals surface area contributed by atoms with E-state index in [1.807, 2.05) is 6.92 Å². The van der Waals surface area contributed by atoms with E-state index in [1.54, 1.807) is 6.92 Å². The van der Waals surface area contributed by atoms with E-state index in [0.717, 1.165) is 0 Å². The molecule has 0 amide bonds. The van der Waals surface area contributed by atoms with Gasteiger partial charge in [-0.25, -0.2) is 19.0 Å².